The highest BCUT2D eigenvalue weighted by Crippen LogP contribution is 2.45. The molecule has 2 aromatic heterocycles. The number of halogens is 6. The van der Waals surface area contributed by atoms with E-state index in [0.29, 0.717) is 48.8 Å². The molecule has 7 rings (SSSR count). The first-order valence-electron chi connectivity index (χ1n) is 18.7. The van der Waals surface area contributed by atoms with Gasteiger partial charge in [0.2, 0.25) is 0 Å². The molecule has 3 aromatic carbocycles. The lowest BCUT2D eigenvalue weighted by Gasteiger charge is -2.42. The molecule has 5 aromatic rings. The van der Waals surface area contributed by atoms with Crippen LogP contribution in [0.1, 0.15) is 55.9 Å². The van der Waals surface area contributed by atoms with Gasteiger partial charge in [-0.3, -0.25) is 4.90 Å². The average molecular weight is 917 g/mol. The summed E-state index contributed by atoms with van der Waals surface area (Å²) in [4.78, 5) is 30.7. The van der Waals surface area contributed by atoms with Crippen molar-refractivity contribution in [3.8, 4) is 22.8 Å². The van der Waals surface area contributed by atoms with Gasteiger partial charge in [-0.05, 0) is 116 Å². The van der Waals surface area contributed by atoms with E-state index >= 15 is 22.0 Å². The highest BCUT2D eigenvalue weighted by Gasteiger charge is 2.46. The zero-order valence-electron chi connectivity index (χ0n) is 32.8. The first-order valence-corrected chi connectivity index (χ1v) is 19.7. The summed E-state index contributed by atoms with van der Waals surface area (Å²) < 4.78 is 94.9. The van der Waals surface area contributed by atoms with Crippen molar-refractivity contribution in [3.05, 3.63) is 98.4 Å². The van der Waals surface area contributed by atoms with Crippen molar-refractivity contribution >= 4 is 51.2 Å². The molecular weight excluding hydrogens is 874 g/mol. The van der Waals surface area contributed by atoms with Crippen LogP contribution in [0.3, 0.4) is 0 Å². The molecule has 2 bridgehead atoms. The van der Waals surface area contributed by atoms with E-state index in [2.05, 4.69) is 9.97 Å². The number of piperazine rings is 1. The summed E-state index contributed by atoms with van der Waals surface area (Å²) in [5, 5.41) is -0.302. The van der Waals surface area contributed by atoms with Gasteiger partial charge in [-0.25, -0.2) is 14.2 Å². The van der Waals surface area contributed by atoms with E-state index in [-0.39, 0.29) is 45.6 Å². The molecule has 2 fully saturated rings. The van der Waals surface area contributed by atoms with Gasteiger partial charge in [-0.15, -0.1) is 0 Å². The van der Waals surface area contributed by atoms with Crippen molar-refractivity contribution in [3.63, 3.8) is 0 Å². The number of benzene rings is 3. The molecule has 2 aliphatic rings. The number of anilines is 2. The topological polar surface area (TPSA) is 93.2 Å². The lowest BCUT2D eigenvalue weighted by atomic mass is 9.98. The van der Waals surface area contributed by atoms with Crippen molar-refractivity contribution in [2.24, 2.45) is 0 Å². The Kier molecular flexibility index (Phi) is 11.3. The molecule has 2 aliphatic heterocycles. The first-order chi connectivity index (χ1) is 27.4. The normalized spacial score (nSPS) is 16.8. The average Bonchev–Trinajstić information content (AvgIpc) is 3.44. The second kappa shape index (κ2) is 16.0. The molecule has 4 heterocycles. The largest absolute Gasteiger partial charge is 0.497 e. The number of carbonyl (C=O) groups excluding carboxylic acids is 1. The second-order valence-electron chi connectivity index (χ2n) is 15.5. The predicted octanol–water partition coefficient (Wildman–Crippen LogP) is 9.71. The van der Waals surface area contributed by atoms with Crippen LogP contribution in [0, 0.1) is 22.4 Å². The van der Waals surface area contributed by atoms with Crippen molar-refractivity contribution < 1.29 is 41.0 Å². The third kappa shape index (κ3) is 8.43. The van der Waals surface area contributed by atoms with Crippen molar-refractivity contribution in [2.75, 3.05) is 37.1 Å². The maximum Gasteiger partial charge on any atom is 0.417 e. The Morgan fingerprint density at radius 3 is 1.91 bits per heavy atom. The Hall–Kier alpha value is -5.00. The third-order valence-corrected chi connectivity index (χ3v) is 11.7. The predicted molar refractivity (Wildman–Crippen MR) is 218 cm³/mol. The van der Waals surface area contributed by atoms with Gasteiger partial charge in [0.1, 0.15) is 34.3 Å². The number of amides is 1. The van der Waals surface area contributed by atoms with Gasteiger partial charge in [0.15, 0.2) is 5.82 Å². The number of pyridine rings is 1. The number of aryl methyl sites for hydroxylation is 1. The van der Waals surface area contributed by atoms with Gasteiger partial charge >= 0.3 is 18.3 Å². The molecule has 2 atom stereocenters. The molecule has 306 valence electrons. The summed E-state index contributed by atoms with van der Waals surface area (Å²) in [6.45, 7) is 7.84. The molecule has 10 nitrogen and oxygen atoms in total. The Morgan fingerprint density at radius 2 is 1.41 bits per heavy atom. The number of rotatable bonds is 9. The Balaban J connectivity index is 1.33. The quantitative estimate of drug-likeness (QED) is 0.0815. The number of methoxy groups -OCH3 is 2. The van der Waals surface area contributed by atoms with E-state index in [1.165, 1.54) is 0 Å². The lowest BCUT2D eigenvalue weighted by molar-refractivity contribution is -0.137. The highest BCUT2D eigenvalue weighted by molar-refractivity contribution is 14.1. The minimum Gasteiger partial charge on any atom is -0.497 e. The minimum absolute atomic E-state index is 0.130. The van der Waals surface area contributed by atoms with E-state index in [1.807, 2.05) is 51.8 Å². The van der Waals surface area contributed by atoms with E-state index in [0.717, 1.165) is 17.2 Å². The fourth-order valence-electron chi connectivity index (χ4n) is 7.66. The van der Waals surface area contributed by atoms with Gasteiger partial charge in [0.05, 0.1) is 43.1 Å². The summed E-state index contributed by atoms with van der Waals surface area (Å²) in [5.74, 6) is 0.0427. The molecule has 2 saturated heterocycles. The van der Waals surface area contributed by atoms with Crippen LogP contribution in [0.4, 0.5) is 38.4 Å². The van der Waals surface area contributed by atoms with Crippen LogP contribution in [-0.4, -0.2) is 70.9 Å². The SMILES string of the molecule is COc1ccc(CN(Cc2ccc(OC)cc2)c2cc(C)c(I)c(-c3c(C(F)(F)F)cc4c(N5CC6CCC(C5)N6C(=O)OC(C)(C)C)nc(F)nc4c3F)n2)cc1. The van der Waals surface area contributed by atoms with E-state index in [4.69, 9.17) is 19.2 Å². The van der Waals surface area contributed by atoms with E-state index in [1.54, 1.807) is 82.0 Å². The Morgan fingerprint density at radius 1 is 0.862 bits per heavy atom. The number of aromatic nitrogens is 3. The number of hydrogen-bond acceptors (Lipinski definition) is 9. The molecule has 0 aliphatic carbocycles. The number of carbonyl (C=O) groups is 1. The third-order valence-electron chi connectivity index (χ3n) is 10.3. The molecular formula is C42H42F5IN6O4. The summed E-state index contributed by atoms with van der Waals surface area (Å²) in [6.07, 6.45) is -5.66. The molecule has 58 heavy (non-hydrogen) atoms. The summed E-state index contributed by atoms with van der Waals surface area (Å²) in [6, 6.07) is 16.5. The molecule has 1 amide bonds. The number of fused-ring (bicyclic) bond motifs is 3. The van der Waals surface area contributed by atoms with Crippen molar-refractivity contribution in [1.82, 2.24) is 19.9 Å². The fraction of sp³-hybridized carbons (Fsp3) is 0.381. The molecule has 0 N–H and O–H groups in total. The van der Waals surface area contributed by atoms with Crippen molar-refractivity contribution in [1.29, 1.82) is 0 Å². The maximum absolute atomic E-state index is 17.1. The van der Waals surface area contributed by atoms with Gasteiger partial charge in [0, 0.05) is 35.1 Å². The highest BCUT2D eigenvalue weighted by atomic mass is 127. The van der Waals surface area contributed by atoms with Crippen LogP contribution in [0.5, 0.6) is 11.5 Å². The summed E-state index contributed by atoms with van der Waals surface area (Å²) >= 11 is 1.87. The van der Waals surface area contributed by atoms with Gasteiger partial charge < -0.3 is 24.0 Å². The molecule has 2 unspecified atom stereocenters. The van der Waals surface area contributed by atoms with Crippen LogP contribution in [0.15, 0.2) is 60.7 Å². The maximum atomic E-state index is 17.1. The number of nitrogens with zero attached hydrogens (tertiary/aromatic N) is 6. The van der Waals surface area contributed by atoms with Crippen molar-refractivity contribution in [2.45, 2.75) is 77.5 Å². The fourth-order valence-corrected chi connectivity index (χ4v) is 8.20. The van der Waals surface area contributed by atoms with Gasteiger partial charge in [-0.2, -0.15) is 27.5 Å². The molecule has 0 spiro atoms. The standard InChI is InChI=1S/C42H42F5IN6O4/c1-23-17-32(52(19-24-7-13-28(56-5)14-8-24)20-25-9-15-29(57-6)16-10-25)49-37(35(23)48)33-31(42(45,46)47)18-30-36(34(33)43)50-39(44)51-38(30)53-21-26-11-12-27(22-53)54(26)40(55)58-41(2,3)4/h7-10,13-18,26-27H,11-12,19-22H2,1-6H3. The summed E-state index contributed by atoms with van der Waals surface area (Å²) in [5.41, 5.74) is -1.48. The van der Waals surface area contributed by atoms with Crippen LogP contribution < -0.4 is 19.3 Å². The van der Waals surface area contributed by atoms with Crippen LogP contribution in [0.25, 0.3) is 22.2 Å². The van der Waals surface area contributed by atoms with Crippen LogP contribution in [-0.2, 0) is 24.0 Å². The zero-order valence-corrected chi connectivity index (χ0v) is 34.9. The second-order valence-corrected chi connectivity index (χ2v) is 16.6. The monoisotopic (exact) mass is 916 g/mol. The summed E-state index contributed by atoms with van der Waals surface area (Å²) in [7, 11) is 3.12. The van der Waals surface area contributed by atoms with E-state index in [9.17, 15) is 4.79 Å². The molecule has 16 heteroatoms. The van der Waals surface area contributed by atoms with Crippen LogP contribution in [0.2, 0.25) is 0 Å². The number of ether oxygens (including phenoxy) is 3. The Bertz CT molecular complexity index is 2280. The zero-order chi connectivity index (χ0) is 41.7. The minimum atomic E-state index is -5.06. The number of hydrogen-bond donors (Lipinski definition) is 0. The Labute approximate surface area is 346 Å². The first kappa shape index (κ1) is 41.2. The number of alkyl halides is 3. The lowest BCUT2D eigenvalue weighted by Crippen LogP contribution is -2.57. The molecule has 0 radical (unpaired) electrons. The van der Waals surface area contributed by atoms with Gasteiger partial charge in [0.25, 0.3) is 0 Å². The smallest absolute Gasteiger partial charge is 0.417 e. The molecule has 0 saturated carbocycles. The van der Waals surface area contributed by atoms with E-state index < -0.39 is 46.4 Å². The van der Waals surface area contributed by atoms with Crippen LogP contribution >= 0.6 is 22.6 Å². The van der Waals surface area contributed by atoms with Gasteiger partial charge in [-0.1, -0.05) is 24.3 Å².